The average molecular weight is 290 g/mol. The quantitative estimate of drug-likeness (QED) is 0.722. The van der Waals surface area contributed by atoms with Crippen molar-refractivity contribution in [1.29, 1.82) is 0 Å². The molecule has 0 bridgehead atoms. The number of nitrogens with one attached hydrogen (secondary N) is 1. The van der Waals surface area contributed by atoms with Gasteiger partial charge >= 0.3 is 0 Å². The lowest BCUT2D eigenvalue weighted by Gasteiger charge is -2.29. The van der Waals surface area contributed by atoms with Crippen LogP contribution in [0.15, 0.2) is 24.3 Å². The van der Waals surface area contributed by atoms with Gasteiger partial charge in [-0.25, -0.2) is 0 Å². The first kappa shape index (κ1) is 15.7. The lowest BCUT2D eigenvalue weighted by molar-refractivity contribution is 0.282. The van der Waals surface area contributed by atoms with Crippen molar-refractivity contribution in [2.75, 3.05) is 38.8 Å². The summed E-state index contributed by atoms with van der Waals surface area (Å²) in [4.78, 5) is 2.21. The molecule has 1 aromatic carbocycles. The number of methoxy groups -OCH3 is 1. The Hall–Kier alpha value is -1.68. The standard InChI is InChI=1S/C17H26N2O2/c1-19-12-10-15(18-11-5-3-4-6-13-20)14-8-7-9-16(21-2)17(14)19/h7-10,18,20H,3-6,11-13H2,1-2H3. The van der Waals surface area contributed by atoms with Crippen LogP contribution in [0.5, 0.6) is 5.75 Å². The first-order valence-electron chi connectivity index (χ1n) is 7.71. The SMILES string of the molecule is COc1cccc2c1N(C)CC=C2NCCCCCCO. The van der Waals surface area contributed by atoms with Crippen molar-refractivity contribution in [3.8, 4) is 5.75 Å². The Morgan fingerprint density at radius 1 is 1.24 bits per heavy atom. The smallest absolute Gasteiger partial charge is 0.142 e. The molecule has 0 fully saturated rings. The van der Waals surface area contributed by atoms with Crippen molar-refractivity contribution < 1.29 is 9.84 Å². The molecule has 21 heavy (non-hydrogen) atoms. The molecule has 1 heterocycles. The van der Waals surface area contributed by atoms with Crippen LogP contribution < -0.4 is 15.0 Å². The third kappa shape index (κ3) is 3.91. The van der Waals surface area contributed by atoms with E-state index in [0.717, 1.165) is 50.2 Å². The van der Waals surface area contributed by atoms with E-state index in [1.54, 1.807) is 7.11 Å². The van der Waals surface area contributed by atoms with Gasteiger partial charge in [0.25, 0.3) is 0 Å². The van der Waals surface area contributed by atoms with Gasteiger partial charge in [0.15, 0.2) is 0 Å². The van der Waals surface area contributed by atoms with Crippen LogP contribution in [0.3, 0.4) is 0 Å². The molecule has 0 spiro atoms. The van der Waals surface area contributed by atoms with Gasteiger partial charge in [0.05, 0.1) is 12.8 Å². The van der Waals surface area contributed by atoms with E-state index in [9.17, 15) is 0 Å². The molecule has 0 aliphatic carbocycles. The molecule has 4 nitrogen and oxygen atoms in total. The maximum Gasteiger partial charge on any atom is 0.142 e. The third-order valence-corrected chi connectivity index (χ3v) is 3.86. The van der Waals surface area contributed by atoms with Crippen molar-refractivity contribution in [3.05, 3.63) is 29.8 Å². The largest absolute Gasteiger partial charge is 0.495 e. The number of nitrogens with zero attached hydrogens (tertiary/aromatic N) is 1. The molecule has 0 saturated heterocycles. The molecule has 0 aromatic heterocycles. The lowest BCUT2D eigenvalue weighted by Crippen LogP contribution is -2.26. The monoisotopic (exact) mass is 290 g/mol. The Kier molecular flexibility index (Phi) is 5.93. The number of fused-ring (bicyclic) bond motifs is 1. The van der Waals surface area contributed by atoms with Crippen LogP contribution in [0.25, 0.3) is 5.70 Å². The van der Waals surface area contributed by atoms with Crippen LogP contribution in [-0.4, -0.2) is 39.0 Å². The third-order valence-electron chi connectivity index (χ3n) is 3.86. The van der Waals surface area contributed by atoms with E-state index in [1.165, 1.54) is 11.3 Å². The van der Waals surface area contributed by atoms with Gasteiger partial charge < -0.3 is 20.1 Å². The predicted molar refractivity (Wildman–Crippen MR) is 87.8 cm³/mol. The number of ether oxygens (including phenoxy) is 1. The second-order valence-electron chi connectivity index (χ2n) is 5.42. The Balaban J connectivity index is 1.97. The molecule has 2 N–H and O–H groups in total. The first-order valence-corrected chi connectivity index (χ1v) is 7.71. The van der Waals surface area contributed by atoms with E-state index in [1.807, 2.05) is 12.1 Å². The number of aliphatic hydroxyl groups is 1. The second kappa shape index (κ2) is 7.93. The number of hydrogen-bond acceptors (Lipinski definition) is 4. The minimum Gasteiger partial charge on any atom is -0.495 e. The molecule has 1 aromatic rings. The van der Waals surface area contributed by atoms with Crippen LogP contribution in [0.2, 0.25) is 0 Å². The van der Waals surface area contributed by atoms with Crippen molar-refractivity contribution in [3.63, 3.8) is 0 Å². The van der Waals surface area contributed by atoms with E-state index in [2.05, 4.69) is 29.4 Å². The van der Waals surface area contributed by atoms with Crippen molar-refractivity contribution in [1.82, 2.24) is 5.32 Å². The van der Waals surface area contributed by atoms with Crippen molar-refractivity contribution in [2.24, 2.45) is 0 Å². The fourth-order valence-corrected chi connectivity index (χ4v) is 2.71. The van der Waals surface area contributed by atoms with Gasteiger partial charge in [0, 0.05) is 38.0 Å². The maximum absolute atomic E-state index is 8.77. The number of anilines is 1. The number of para-hydroxylation sites is 1. The highest BCUT2D eigenvalue weighted by Crippen LogP contribution is 2.37. The average Bonchev–Trinajstić information content (AvgIpc) is 2.52. The zero-order chi connectivity index (χ0) is 15.1. The van der Waals surface area contributed by atoms with Crippen LogP contribution in [0.4, 0.5) is 5.69 Å². The summed E-state index contributed by atoms with van der Waals surface area (Å²) >= 11 is 0. The summed E-state index contributed by atoms with van der Waals surface area (Å²) in [6.45, 7) is 2.16. The van der Waals surface area contributed by atoms with Crippen LogP contribution in [-0.2, 0) is 0 Å². The van der Waals surface area contributed by atoms with Gasteiger partial charge in [-0.2, -0.15) is 0 Å². The van der Waals surface area contributed by atoms with Gasteiger partial charge in [-0.05, 0) is 25.0 Å². The summed E-state index contributed by atoms with van der Waals surface area (Å²) in [6.07, 6.45) is 6.53. The fraction of sp³-hybridized carbons (Fsp3) is 0.529. The van der Waals surface area contributed by atoms with Crippen LogP contribution in [0, 0.1) is 0 Å². The summed E-state index contributed by atoms with van der Waals surface area (Å²) in [5.74, 6) is 0.922. The molecular formula is C17H26N2O2. The number of hydrogen-bond donors (Lipinski definition) is 2. The number of rotatable bonds is 8. The Morgan fingerprint density at radius 2 is 2.05 bits per heavy atom. The molecule has 1 aliphatic heterocycles. The van der Waals surface area contributed by atoms with Gasteiger partial charge in [-0.15, -0.1) is 0 Å². The fourth-order valence-electron chi connectivity index (χ4n) is 2.71. The van der Waals surface area contributed by atoms with E-state index >= 15 is 0 Å². The molecule has 1 aliphatic rings. The minimum absolute atomic E-state index is 0.304. The summed E-state index contributed by atoms with van der Waals surface area (Å²) in [6, 6.07) is 6.18. The Bertz CT molecular complexity index is 486. The zero-order valence-electron chi connectivity index (χ0n) is 13.1. The van der Waals surface area contributed by atoms with E-state index in [-0.39, 0.29) is 0 Å². The van der Waals surface area contributed by atoms with Crippen LogP contribution in [0.1, 0.15) is 31.2 Å². The van der Waals surface area contributed by atoms with Crippen LogP contribution >= 0.6 is 0 Å². The van der Waals surface area contributed by atoms with E-state index < -0.39 is 0 Å². The zero-order valence-corrected chi connectivity index (χ0v) is 13.1. The molecule has 2 rings (SSSR count). The highest BCUT2D eigenvalue weighted by molar-refractivity contribution is 5.82. The number of likely N-dealkylation sites (N-methyl/N-ethyl adjacent to an activating group) is 1. The second-order valence-corrected chi connectivity index (χ2v) is 5.42. The molecular weight excluding hydrogens is 264 g/mol. The van der Waals surface area contributed by atoms with E-state index in [4.69, 9.17) is 9.84 Å². The highest BCUT2D eigenvalue weighted by atomic mass is 16.5. The minimum atomic E-state index is 0.304. The lowest BCUT2D eigenvalue weighted by atomic mass is 10.0. The topological polar surface area (TPSA) is 44.7 Å². The number of benzene rings is 1. The van der Waals surface area contributed by atoms with Gasteiger partial charge in [0.1, 0.15) is 5.75 Å². The van der Waals surface area contributed by atoms with Crippen molar-refractivity contribution in [2.45, 2.75) is 25.7 Å². The highest BCUT2D eigenvalue weighted by Gasteiger charge is 2.19. The summed E-state index contributed by atoms with van der Waals surface area (Å²) in [5.41, 5.74) is 3.56. The van der Waals surface area contributed by atoms with E-state index in [0.29, 0.717) is 6.61 Å². The molecule has 0 radical (unpaired) electrons. The molecule has 0 atom stereocenters. The summed E-state index contributed by atoms with van der Waals surface area (Å²) in [7, 11) is 3.81. The molecule has 0 unspecified atom stereocenters. The number of aliphatic hydroxyl groups excluding tert-OH is 1. The first-order chi connectivity index (χ1) is 10.3. The number of unbranched alkanes of at least 4 members (excludes halogenated alkanes) is 3. The molecule has 116 valence electrons. The summed E-state index contributed by atoms with van der Waals surface area (Å²) in [5, 5.41) is 12.3. The summed E-state index contributed by atoms with van der Waals surface area (Å²) < 4.78 is 5.48. The predicted octanol–water partition coefficient (Wildman–Crippen LogP) is 2.63. The van der Waals surface area contributed by atoms with Gasteiger partial charge in [0.2, 0.25) is 0 Å². The normalized spacial score (nSPS) is 13.7. The van der Waals surface area contributed by atoms with Gasteiger partial charge in [-0.1, -0.05) is 25.0 Å². The van der Waals surface area contributed by atoms with Crippen molar-refractivity contribution >= 4 is 11.4 Å². The maximum atomic E-state index is 8.77. The molecule has 4 heteroatoms. The Morgan fingerprint density at radius 3 is 2.81 bits per heavy atom. The van der Waals surface area contributed by atoms with Gasteiger partial charge in [-0.3, -0.25) is 0 Å². The molecule has 0 amide bonds. The molecule has 0 saturated carbocycles. The Labute approximate surface area is 127 Å².